The molecule has 1 aliphatic rings. The molecule has 2 N–H and O–H groups in total. The summed E-state index contributed by atoms with van der Waals surface area (Å²) in [5.41, 5.74) is 3.58. The molecule has 0 aliphatic carbocycles. The lowest BCUT2D eigenvalue weighted by atomic mass is 9.93. The van der Waals surface area contributed by atoms with Gasteiger partial charge >= 0.3 is 0 Å². The maximum absolute atomic E-state index is 6.15. The summed E-state index contributed by atoms with van der Waals surface area (Å²) >= 11 is 1.73. The van der Waals surface area contributed by atoms with E-state index in [2.05, 4.69) is 66.9 Å². The number of ether oxygens (including phenoxy) is 2. The third-order valence-corrected chi connectivity index (χ3v) is 6.25. The van der Waals surface area contributed by atoms with Gasteiger partial charge in [-0.25, -0.2) is 4.98 Å². The first kappa shape index (κ1) is 26.9. The van der Waals surface area contributed by atoms with Crippen molar-refractivity contribution in [3.8, 4) is 5.75 Å². The molecule has 1 aromatic heterocycles. The molecule has 178 valence electrons. The van der Waals surface area contributed by atoms with Gasteiger partial charge in [-0.1, -0.05) is 32.9 Å². The van der Waals surface area contributed by atoms with Crippen LogP contribution in [0.2, 0.25) is 0 Å². The molecule has 1 aromatic carbocycles. The smallest absolute Gasteiger partial charge is 0.191 e. The number of hydrogen-bond donors (Lipinski definition) is 2. The van der Waals surface area contributed by atoms with Crippen LogP contribution in [0.3, 0.4) is 0 Å². The lowest BCUT2D eigenvalue weighted by Gasteiger charge is -2.17. The second-order valence-electron chi connectivity index (χ2n) is 9.13. The Morgan fingerprint density at radius 3 is 2.78 bits per heavy atom. The van der Waals surface area contributed by atoms with E-state index >= 15 is 0 Å². The number of benzene rings is 1. The molecule has 3 rings (SSSR count). The molecule has 1 aliphatic heterocycles. The Bertz CT molecular complexity index is 873. The van der Waals surface area contributed by atoms with Crippen LogP contribution in [-0.2, 0) is 23.1 Å². The van der Waals surface area contributed by atoms with E-state index in [9.17, 15) is 0 Å². The van der Waals surface area contributed by atoms with E-state index in [-0.39, 0.29) is 29.4 Å². The Labute approximate surface area is 213 Å². The fourth-order valence-corrected chi connectivity index (χ4v) is 4.35. The summed E-state index contributed by atoms with van der Waals surface area (Å²) in [6.07, 6.45) is 1.95. The van der Waals surface area contributed by atoms with E-state index < -0.39 is 0 Å². The summed E-state index contributed by atoms with van der Waals surface area (Å²) in [6, 6.07) is 6.35. The van der Waals surface area contributed by atoms with Crippen LogP contribution in [0.25, 0.3) is 0 Å². The number of hydrogen-bond acceptors (Lipinski definition) is 5. The second kappa shape index (κ2) is 12.7. The molecule has 1 atom stereocenters. The largest absolute Gasteiger partial charge is 0.493 e. The topological polar surface area (TPSA) is 67.8 Å². The minimum absolute atomic E-state index is 0. The average Bonchev–Trinajstić information content (AvgIpc) is 3.41. The standard InChI is InChI=1S/C24H36N4O2S.HI/c1-17-6-7-19(20(12-17)30-15-18-9-11-29-14-18)13-27-23(25-5)26-10-8-22-28-21(16-31-22)24(2,3)4;/h6-7,12,16,18H,8-11,13-15H2,1-5H3,(H2,25,26,27);1H. The summed E-state index contributed by atoms with van der Waals surface area (Å²) in [4.78, 5) is 9.12. The highest BCUT2D eigenvalue weighted by molar-refractivity contribution is 14.0. The second-order valence-corrected chi connectivity index (χ2v) is 10.1. The van der Waals surface area contributed by atoms with Gasteiger partial charge in [0.15, 0.2) is 5.96 Å². The third kappa shape index (κ3) is 8.19. The molecule has 1 fully saturated rings. The van der Waals surface area contributed by atoms with Gasteiger partial charge in [-0.05, 0) is 25.0 Å². The van der Waals surface area contributed by atoms with E-state index in [4.69, 9.17) is 14.5 Å². The van der Waals surface area contributed by atoms with E-state index in [1.54, 1.807) is 18.4 Å². The summed E-state index contributed by atoms with van der Waals surface area (Å²) in [5, 5.41) is 10.1. The maximum atomic E-state index is 6.15. The molecular weight excluding hydrogens is 535 g/mol. The third-order valence-electron chi connectivity index (χ3n) is 5.34. The number of nitrogens with one attached hydrogen (secondary N) is 2. The monoisotopic (exact) mass is 572 g/mol. The van der Waals surface area contributed by atoms with Crippen molar-refractivity contribution in [1.29, 1.82) is 0 Å². The van der Waals surface area contributed by atoms with Gasteiger partial charge < -0.3 is 20.1 Å². The number of rotatable bonds is 8. The van der Waals surface area contributed by atoms with Crippen molar-refractivity contribution in [2.75, 3.05) is 33.4 Å². The van der Waals surface area contributed by atoms with E-state index in [0.717, 1.165) is 60.6 Å². The molecule has 0 bridgehead atoms. The van der Waals surface area contributed by atoms with E-state index in [1.807, 2.05) is 0 Å². The zero-order valence-corrected chi connectivity index (χ0v) is 23.0. The van der Waals surface area contributed by atoms with Crippen molar-refractivity contribution < 1.29 is 9.47 Å². The highest BCUT2D eigenvalue weighted by atomic mass is 127. The number of nitrogens with zero attached hydrogens (tertiary/aromatic N) is 2. The van der Waals surface area contributed by atoms with Crippen LogP contribution in [-0.4, -0.2) is 44.4 Å². The molecule has 0 spiro atoms. The van der Waals surface area contributed by atoms with Crippen LogP contribution < -0.4 is 15.4 Å². The number of aromatic nitrogens is 1. The molecule has 2 heterocycles. The predicted molar refractivity (Wildman–Crippen MR) is 144 cm³/mol. The summed E-state index contributed by atoms with van der Waals surface area (Å²) < 4.78 is 11.6. The molecule has 32 heavy (non-hydrogen) atoms. The molecule has 0 amide bonds. The first-order chi connectivity index (χ1) is 14.8. The molecule has 1 unspecified atom stereocenters. The number of aliphatic imine (C=N–C) groups is 1. The van der Waals surface area contributed by atoms with Crippen molar-refractivity contribution in [3.63, 3.8) is 0 Å². The van der Waals surface area contributed by atoms with Gasteiger partial charge in [-0.2, -0.15) is 0 Å². The summed E-state index contributed by atoms with van der Waals surface area (Å²) in [6.45, 7) is 12.5. The zero-order valence-electron chi connectivity index (χ0n) is 19.9. The number of aryl methyl sites for hydroxylation is 1. The summed E-state index contributed by atoms with van der Waals surface area (Å²) in [7, 11) is 1.79. The van der Waals surface area contributed by atoms with Crippen molar-refractivity contribution >= 4 is 41.3 Å². The lowest BCUT2D eigenvalue weighted by molar-refractivity contribution is 0.166. The lowest BCUT2D eigenvalue weighted by Crippen LogP contribution is -2.38. The molecule has 2 aromatic rings. The fourth-order valence-electron chi connectivity index (χ4n) is 3.32. The number of thiazole rings is 1. The normalized spacial score (nSPS) is 16.5. The van der Waals surface area contributed by atoms with Gasteiger partial charge in [0.25, 0.3) is 0 Å². The molecule has 0 saturated carbocycles. The quantitative estimate of drug-likeness (QED) is 0.273. The van der Waals surface area contributed by atoms with Gasteiger partial charge in [0.2, 0.25) is 0 Å². The van der Waals surface area contributed by atoms with Gasteiger partial charge in [0.05, 0.1) is 23.9 Å². The van der Waals surface area contributed by atoms with E-state index in [1.165, 1.54) is 5.56 Å². The molecule has 6 nitrogen and oxygen atoms in total. The summed E-state index contributed by atoms with van der Waals surface area (Å²) in [5.74, 6) is 2.20. The maximum Gasteiger partial charge on any atom is 0.191 e. The Hall–Kier alpha value is -1.39. The first-order valence-electron chi connectivity index (χ1n) is 11.0. The van der Waals surface area contributed by atoms with Crippen LogP contribution in [0.1, 0.15) is 49.0 Å². The SMILES string of the molecule is CN=C(NCCc1nc(C(C)(C)C)cs1)NCc1ccc(C)cc1OCC1CCOC1.I. The highest BCUT2D eigenvalue weighted by Crippen LogP contribution is 2.24. The van der Waals surface area contributed by atoms with Crippen LogP contribution in [0, 0.1) is 12.8 Å². The van der Waals surface area contributed by atoms with Crippen molar-refractivity contribution in [3.05, 3.63) is 45.4 Å². The average molecular weight is 573 g/mol. The number of guanidine groups is 1. The molecule has 0 radical (unpaired) electrons. The van der Waals surface area contributed by atoms with Crippen LogP contribution >= 0.6 is 35.3 Å². The Morgan fingerprint density at radius 2 is 2.12 bits per heavy atom. The van der Waals surface area contributed by atoms with E-state index in [0.29, 0.717) is 19.1 Å². The number of halogens is 1. The predicted octanol–water partition coefficient (Wildman–Crippen LogP) is 4.69. The van der Waals surface area contributed by atoms with Gasteiger partial charge in [-0.3, -0.25) is 4.99 Å². The van der Waals surface area contributed by atoms with Gasteiger partial charge in [0, 0.05) is 55.4 Å². The molecule has 8 heteroatoms. The minimum Gasteiger partial charge on any atom is -0.493 e. The first-order valence-corrected chi connectivity index (χ1v) is 11.9. The van der Waals surface area contributed by atoms with Crippen LogP contribution in [0.15, 0.2) is 28.6 Å². The Kier molecular flexibility index (Phi) is 10.7. The highest BCUT2D eigenvalue weighted by Gasteiger charge is 2.18. The van der Waals surface area contributed by atoms with Crippen molar-refractivity contribution in [2.45, 2.75) is 52.5 Å². The zero-order chi connectivity index (χ0) is 22.3. The van der Waals surface area contributed by atoms with Crippen molar-refractivity contribution in [2.24, 2.45) is 10.9 Å². The Balaban J connectivity index is 0.00000363. The Morgan fingerprint density at radius 1 is 1.31 bits per heavy atom. The van der Waals surface area contributed by atoms with Crippen LogP contribution in [0.4, 0.5) is 0 Å². The van der Waals surface area contributed by atoms with Crippen molar-refractivity contribution in [1.82, 2.24) is 15.6 Å². The fraction of sp³-hybridized carbons (Fsp3) is 0.583. The van der Waals surface area contributed by atoms with Crippen LogP contribution in [0.5, 0.6) is 5.75 Å². The minimum atomic E-state index is 0. The van der Waals surface area contributed by atoms with Gasteiger partial charge in [0.1, 0.15) is 5.75 Å². The molecular formula is C24H37IN4O2S. The molecule has 1 saturated heterocycles. The van der Waals surface area contributed by atoms with Gasteiger partial charge in [-0.15, -0.1) is 35.3 Å².